The van der Waals surface area contributed by atoms with E-state index in [9.17, 15) is 0 Å². The molecule has 4 rings (SSSR count). The molecule has 0 fully saturated rings. The first-order valence-electron chi connectivity index (χ1n) is 26.4. The molecule has 0 aliphatic carbocycles. The van der Waals surface area contributed by atoms with E-state index >= 15 is 0 Å². The molecule has 0 N–H and O–H groups in total. The largest absolute Gasteiger partial charge is 0.483 e. The Bertz CT molecular complexity index is 2120. The predicted octanol–water partition coefficient (Wildman–Crippen LogP) is 19.4. The molecule has 0 radical (unpaired) electrons. The first-order chi connectivity index (χ1) is 31.0. The van der Waals surface area contributed by atoms with Gasteiger partial charge >= 0.3 is 0 Å². The van der Waals surface area contributed by atoms with E-state index in [1.165, 1.54) is 33.4 Å². The predicted molar refractivity (Wildman–Crippen MR) is 295 cm³/mol. The Kier molecular flexibility index (Phi) is 18.3. The quantitative estimate of drug-likeness (QED) is 0.0653. The van der Waals surface area contributed by atoms with E-state index in [-0.39, 0.29) is 44.2 Å². The van der Waals surface area contributed by atoms with Gasteiger partial charge in [-0.15, -0.1) is 0 Å². The van der Waals surface area contributed by atoms with Crippen molar-refractivity contribution in [2.45, 2.75) is 226 Å². The number of hydrogen-bond acceptors (Lipinski definition) is 3. The van der Waals surface area contributed by atoms with Crippen molar-refractivity contribution in [3.63, 3.8) is 0 Å². The summed E-state index contributed by atoms with van der Waals surface area (Å²) < 4.78 is 19.0. The number of rotatable bonds is 20. The van der Waals surface area contributed by atoms with Gasteiger partial charge in [-0.05, 0) is 173 Å². The van der Waals surface area contributed by atoms with E-state index in [1.807, 2.05) is 6.92 Å². The van der Waals surface area contributed by atoms with E-state index in [1.54, 1.807) is 0 Å². The fraction of sp³-hybridized carbons (Fsp3) is 0.631. The lowest BCUT2D eigenvalue weighted by molar-refractivity contribution is -0.0676. The highest BCUT2D eigenvalue weighted by Crippen LogP contribution is 2.58. The van der Waals surface area contributed by atoms with Crippen molar-refractivity contribution in [1.29, 1.82) is 0 Å². The summed E-state index contributed by atoms with van der Waals surface area (Å²) in [5.41, 5.74) is 8.61. The minimum absolute atomic E-state index is 0.00830. The Hall–Kier alpha value is -3.56. The van der Waals surface area contributed by atoms with Crippen LogP contribution < -0.4 is 9.47 Å². The monoisotopic (exact) mass is 929 g/mol. The summed E-state index contributed by atoms with van der Waals surface area (Å²) in [7, 11) is 0. The third-order valence-corrected chi connectivity index (χ3v) is 15.3. The second kappa shape index (κ2) is 21.8. The van der Waals surface area contributed by atoms with Crippen LogP contribution in [0, 0.1) is 32.5 Å². The third kappa shape index (κ3) is 16.5. The molecule has 0 amide bonds. The summed E-state index contributed by atoms with van der Waals surface area (Å²) in [5, 5.41) is 0. The zero-order chi connectivity index (χ0) is 51.3. The van der Waals surface area contributed by atoms with Gasteiger partial charge in [0.25, 0.3) is 0 Å². The van der Waals surface area contributed by atoms with Crippen molar-refractivity contribution in [3.8, 4) is 11.5 Å². The Labute approximate surface area is 419 Å². The highest BCUT2D eigenvalue weighted by molar-refractivity contribution is 5.35. The molecule has 0 aliphatic heterocycles. The molecule has 3 nitrogen and oxygen atoms in total. The molecular weight excluding hydrogens is 829 g/mol. The van der Waals surface area contributed by atoms with Gasteiger partial charge in [0.15, 0.2) is 6.29 Å². The lowest BCUT2D eigenvalue weighted by Gasteiger charge is -2.51. The number of aryl methyl sites for hydroxylation is 1. The second-order valence-electron chi connectivity index (χ2n) is 28.1. The molecule has 0 aromatic heterocycles. The topological polar surface area (TPSA) is 27.7 Å². The highest BCUT2D eigenvalue weighted by atomic mass is 16.7. The van der Waals surface area contributed by atoms with Crippen molar-refractivity contribution in [2.24, 2.45) is 32.5 Å². The van der Waals surface area contributed by atoms with E-state index < -0.39 is 5.60 Å². The van der Waals surface area contributed by atoms with Crippen LogP contribution in [-0.2, 0) is 22.2 Å². The van der Waals surface area contributed by atoms with E-state index in [2.05, 4.69) is 242 Å². The molecule has 0 bridgehead atoms. The SMILES string of the molecule is CC(OCCCCc1ccc(C(C)(C)Oc2ccc(C(CC(C)(C)C)C(C)(C)C(C)(C)C[C@H](c3ccc(C(C)(C)C)cc3)C(C)(C)C)cc2)cc1)Oc1ccc(C(CC(C)(C)C)C(C)(C)C)cc1. The first-order valence-corrected chi connectivity index (χ1v) is 26.4. The summed E-state index contributed by atoms with van der Waals surface area (Å²) >= 11 is 0. The lowest BCUT2D eigenvalue weighted by Crippen LogP contribution is -2.41. The van der Waals surface area contributed by atoms with E-state index in [0.29, 0.717) is 24.4 Å². The molecule has 0 spiro atoms. The summed E-state index contributed by atoms with van der Waals surface area (Å²) in [6.45, 7) is 52.5. The van der Waals surface area contributed by atoms with Crippen molar-refractivity contribution < 1.29 is 14.2 Å². The fourth-order valence-corrected chi connectivity index (χ4v) is 10.2. The van der Waals surface area contributed by atoms with Crippen LogP contribution in [0.3, 0.4) is 0 Å². The average molecular weight is 930 g/mol. The van der Waals surface area contributed by atoms with Crippen LogP contribution in [0.25, 0.3) is 0 Å². The lowest BCUT2D eigenvalue weighted by atomic mass is 9.53. The minimum atomic E-state index is -0.482. The molecular formula is C65H100O3. The van der Waals surface area contributed by atoms with Gasteiger partial charge in [-0.25, -0.2) is 0 Å². The number of benzene rings is 4. The normalized spacial score (nSPS) is 15.4. The smallest absolute Gasteiger partial charge is 0.196 e. The van der Waals surface area contributed by atoms with Crippen LogP contribution in [0.1, 0.15) is 236 Å². The van der Waals surface area contributed by atoms with Gasteiger partial charge in [-0.1, -0.05) is 204 Å². The van der Waals surface area contributed by atoms with E-state index in [4.69, 9.17) is 14.2 Å². The zero-order valence-corrected chi connectivity index (χ0v) is 47.7. The van der Waals surface area contributed by atoms with Gasteiger partial charge in [0.1, 0.15) is 17.1 Å². The van der Waals surface area contributed by atoms with Crippen molar-refractivity contribution in [2.75, 3.05) is 6.61 Å². The van der Waals surface area contributed by atoms with Crippen molar-refractivity contribution in [3.05, 3.63) is 130 Å². The number of hydrogen-bond donors (Lipinski definition) is 0. The van der Waals surface area contributed by atoms with Crippen molar-refractivity contribution >= 4 is 0 Å². The zero-order valence-electron chi connectivity index (χ0n) is 47.7. The third-order valence-electron chi connectivity index (χ3n) is 15.3. The maximum Gasteiger partial charge on any atom is 0.196 e. The van der Waals surface area contributed by atoms with Crippen LogP contribution in [0.4, 0.5) is 0 Å². The number of ether oxygens (including phenoxy) is 3. The van der Waals surface area contributed by atoms with Crippen LogP contribution in [0.2, 0.25) is 0 Å². The maximum atomic E-state index is 6.78. The Morgan fingerprint density at radius 3 is 1.29 bits per heavy atom. The van der Waals surface area contributed by atoms with Gasteiger partial charge in [-0.3, -0.25) is 0 Å². The average Bonchev–Trinajstić information content (AvgIpc) is 3.20. The first kappa shape index (κ1) is 57.0. The van der Waals surface area contributed by atoms with Crippen LogP contribution >= 0.6 is 0 Å². The molecule has 4 aromatic carbocycles. The van der Waals surface area contributed by atoms with Gasteiger partial charge < -0.3 is 14.2 Å². The molecule has 3 unspecified atom stereocenters. The summed E-state index contributed by atoms with van der Waals surface area (Å²) in [4.78, 5) is 0. The van der Waals surface area contributed by atoms with Crippen LogP contribution in [0.15, 0.2) is 97.1 Å². The van der Waals surface area contributed by atoms with Gasteiger partial charge in [-0.2, -0.15) is 0 Å². The molecule has 0 saturated carbocycles. The molecule has 4 atom stereocenters. The van der Waals surface area contributed by atoms with Gasteiger partial charge in [0.2, 0.25) is 0 Å². The molecule has 68 heavy (non-hydrogen) atoms. The van der Waals surface area contributed by atoms with E-state index in [0.717, 1.165) is 50.0 Å². The standard InChI is InChI=1S/C65H100O3/c1-46(67-53-38-30-49(31-39-53)55(61(11,12)13)43-58(2,3)4)66-42-24-23-25-47-26-34-52(35-27-47)65(21,22)68-54-40-32-50(33-41-54)57(44-59(5,6)7)64(19,20)63(17,18)45-56(62(14,15)16)48-28-36-51(37-29-48)60(8,9)10/h26-41,46,55-57H,23-25,42-45H2,1-22H3/t46?,55?,56-,57?/m1/s1. The number of unbranched alkanes of at least 4 members (excludes halogenated alkanes) is 1. The van der Waals surface area contributed by atoms with Gasteiger partial charge in [0, 0.05) is 0 Å². The Balaban J connectivity index is 1.35. The maximum absolute atomic E-state index is 6.78. The van der Waals surface area contributed by atoms with Crippen LogP contribution in [0.5, 0.6) is 11.5 Å². The second-order valence-corrected chi connectivity index (χ2v) is 28.1. The highest BCUT2D eigenvalue weighted by Gasteiger charge is 2.47. The summed E-state index contributed by atoms with van der Waals surface area (Å²) in [6, 6.07) is 36.3. The van der Waals surface area contributed by atoms with Gasteiger partial charge in [0.05, 0.1) is 6.61 Å². The Morgan fingerprint density at radius 1 is 0.426 bits per heavy atom. The fourth-order valence-electron chi connectivity index (χ4n) is 10.2. The minimum Gasteiger partial charge on any atom is -0.483 e. The molecule has 4 aromatic rings. The van der Waals surface area contributed by atoms with Crippen molar-refractivity contribution in [1.82, 2.24) is 0 Å². The Morgan fingerprint density at radius 2 is 0.838 bits per heavy atom. The molecule has 0 heterocycles. The molecule has 3 heteroatoms. The molecule has 0 aliphatic rings. The van der Waals surface area contributed by atoms with Crippen LogP contribution in [-0.4, -0.2) is 12.9 Å². The summed E-state index contributed by atoms with van der Waals surface area (Å²) in [6.07, 6.45) is 6.12. The molecule has 0 saturated heterocycles. The summed E-state index contributed by atoms with van der Waals surface area (Å²) in [5.74, 6) is 3.05. The molecule has 378 valence electrons.